The first-order chi connectivity index (χ1) is 19.2. The van der Waals surface area contributed by atoms with Crippen molar-refractivity contribution in [3.63, 3.8) is 0 Å². The summed E-state index contributed by atoms with van der Waals surface area (Å²) in [5.74, 6) is -4.34. The molecule has 0 radical (unpaired) electrons. The van der Waals surface area contributed by atoms with Gasteiger partial charge in [0.25, 0.3) is 11.8 Å². The summed E-state index contributed by atoms with van der Waals surface area (Å²) in [6.45, 7) is 1.87. The zero-order valence-corrected chi connectivity index (χ0v) is 23.1. The van der Waals surface area contributed by atoms with Gasteiger partial charge in [-0.05, 0) is 38.1 Å². The molecular weight excluding hydrogens is 522 g/mol. The van der Waals surface area contributed by atoms with E-state index in [0.717, 1.165) is 50.1 Å². The van der Waals surface area contributed by atoms with Gasteiger partial charge < -0.3 is 19.4 Å². The van der Waals surface area contributed by atoms with Crippen LogP contribution < -0.4 is 20.0 Å². The molecule has 2 fully saturated rings. The molecule has 40 heavy (non-hydrogen) atoms. The fraction of sp³-hybridized carbons (Fsp3) is 0.556. The molecule has 0 atom stereocenters. The normalized spacial score (nSPS) is 20.6. The topological polar surface area (TPSA) is 97.4 Å². The number of amides is 2. The molecule has 13 heteroatoms. The number of ether oxygens (including phenoxy) is 1. The summed E-state index contributed by atoms with van der Waals surface area (Å²) >= 11 is 0. The number of hydrogen-bond acceptors (Lipinski definition) is 9. The Bertz CT molecular complexity index is 1230. The van der Waals surface area contributed by atoms with Crippen LogP contribution >= 0.6 is 0 Å². The van der Waals surface area contributed by atoms with Crippen LogP contribution in [0.25, 0.3) is 0 Å². The van der Waals surface area contributed by atoms with Crippen LogP contribution in [0.4, 0.5) is 26.2 Å². The van der Waals surface area contributed by atoms with Crippen molar-refractivity contribution in [2.45, 2.75) is 44.1 Å². The van der Waals surface area contributed by atoms with Gasteiger partial charge in [0, 0.05) is 44.8 Å². The minimum Gasteiger partial charge on any atom is -0.497 e. The van der Waals surface area contributed by atoms with E-state index in [1.165, 1.54) is 25.5 Å². The lowest BCUT2D eigenvalue weighted by atomic mass is 9.94. The van der Waals surface area contributed by atoms with Crippen LogP contribution in [0.3, 0.4) is 0 Å². The number of carbonyl (C=O) groups excluding carboxylic acids is 2. The van der Waals surface area contributed by atoms with E-state index < -0.39 is 18.4 Å². The molecule has 1 aliphatic carbocycles. The first-order valence-electron chi connectivity index (χ1n) is 13.7. The molecule has 0 unspecified atom stereocenters. The number of rotatable bonds is 6. The number of nitrogens with zero attached hydrogens (tertiary/aromatic N) is 7. The summed E-state index contributed by atoms with van der Waals surface area (Å²) in [6.07, 6.45) is 5.75. The summed E-state index contributed by atoms with van der Waals surface area (Å²) in [5.41, 5.74) is 3.66. The largest absolute Gasteiger partial charge is 0.497 e. The third-order valence-corrected chi connectivity index (χ3v) is 7.86. The molecule has 11 nitrogen and oxygen atoms in total. The zero-order chi connectivity index (χ0) is 28.4. The van der Waals surface area contributed by atoms with Crippen LogP contribution in [0.1, 0.15) is 42.5 Å². The molecule has 1 N–H and O–H groups in total. The monoisotopic (exact) mass is 558 g/mol. The number of carbonyl (C=O) groups is 2. The maximum absolute atomic E-state index is 15.0. The molecule has 3 heterocycles. The van der Waals surface area contributed by atoms with Gasteiger partial charge in [0.15, 0.2) is 5.82 Å². The Kier molecular flexibility index (Phi) is 8.04. The van der Waals surface area contributed by atoms with Crippen molar-refractivity contribution >= 4 is 29.3 Å². The average molecular weight is 559 g/mol. The quantitative estimate of drug-likeness (QED) is 0.537. The van der Waals surface area contributed by atoms with E-state index in [2.05, 4.69) is 20.3 Å². The van der Waals surface area contributed by atoms with Gasteiger partial charge in [-0.15, -0.1) is 0 Å². The lowest BCUT2D eigenvalue weighted by Crippen LogP contribution is -2.57. The number of halogens is 2. The Balaban J connectivity index is 1.51. The molecule has 1 saturated carbocycles. The lowest BCUT2D eigenvalue weighted by Gasteiger charge is -2.39. The highest BCUT2D eigenvalue weighted by molar-refractivity contribution is 6.02. The predicted octanol–water partition coefficient (Wildman–Crippen LogP) is 2.87. The summed E-state index contributed by atoms with van der Waals surface area (Å²) in [6, 6.07) is 6.67. The van der Waals surface area contributed by atoms with Gasteiger partial charge in [0.05, 0.1) is 19.9 Å². The maximum Gasteiger partial charge on any atom is 0.342 e. The highest BCUT2D eigenvalue weighted by Gasteiger charge is 2.48. The zero-order valence-electron chi connectivity index (χ0n) is 23.1. The van der Waals surface area contributed by atoms with Gasteiger partial charge in [-0.3, -0.25) is 9.59 Å². The van der Waals surface area contributed by atoms with Crippen molar-refractivity contribution in [3.05, 3.63) is 36.0 Å². The SMILES string of the molecule is COc1cccc(C(=O)N(Nc2ncc3c(n2)N(C2CCCCC2)CC(F)(F)C(=O)N3C)N2CCN(C)CC2)c1. The molecule has 5 rings (SSSR count). The molecule has 3 aliphatic rings. The van der Waals surface area contributed by atoms with Gasteiger partial charge in [-0.2, -0.15) is 23.9 Å². The van der Waals surface area contributed by atoms with Gasteiger partial charge in [0.2, 0.25) is 5.95 Å². The van der Waals surface area contributed by atoms with Crippen LogP contribution in [-0.2, 0) is 4.79 Å². The van der Waals surface area contributed by atoms with Gasteiger partial charge in [0.1, 0.15) is 11.4 Å². The fourth-order valence-corrected chi connectivity index (χ4v) is 5.49. The fourth-order valence-electron chi connectivity index (χ4n) is 5.49. The molecule has 2 amide bonds. The van der Waals surface area contributed by atoms with Gasteiger partial charge in [-0.1, -0.05) is 25.3 Å². The van der Waals surface area contributed by atoms with Gasteiger partial charge in [-0.25, -0.2) is 10.4 Å². The van der Waals surface area contributed by atoms with E-state index in [-0.39, 0.29) is 29.4 Å². The van der Waals surface area contributed by atoms with Crippen LogP contribution in [0.5, 0.6) is 5.75 Å². The number of hydrogen-bond donors (Lipinski definition) is 1. The Morgan fingerprint density at radius 2 is 1.85 bits per heavy atom. The number of piperazine rings is 1. The highest BCUT2D eigenvalue weighted by atomic mass is 19.3. The number of fused-ring (bicyclic) bond motifs is 1. The third-order valence-electron chi connectivity index (χ3n) is 7.86. The van der Waals surface area contributed by atoms with E-state index in [4.69, 9.17) is 4.74 Å². The molecule has 2 aromatic rings. The third kappa shape index (κ3) is 5.66. The van der Waals surface area contributed by atoms with Crippen LogP contribution in [0.15, 0.2) is 30.5 Å². The second-order valence-electron chi connectivity index (χ2n) is 10.6. The average Bonchev–Trinajstić information content (AvgIpc) is 3.05. The van der Waals surface area contributed by atoms with Crippen LogP contribution in [0.2, 0.25) is 0 Å². The highest BCUT2D eigenvalue weighted by Crippen LogP contribution is 2.39. The minimum atomic E-state index is -3.57. The second kappa shape index (κ2) is 11.5. The maximum atomic E-state index is 15.0. The van der Waals surface area contributed by atoms with Crippen LogP contribution in [-0.4, -0.2) is 103 Å². The van der Waals surface area contributed by atoms with E-state index in [1.807, 2.05) is 12.1 Å². The van der Waals surface area contributed by atoms with E-state index in [9.17, 15) is 9.59 Å². The smallest absolute Gasteiger partial charge is 0.342 e. The molecule has 2 aliphatic heterocycles. The molecule has 0 bridgehead atoms. The van der Waals surface area contributed by atoms with Crippen molar-refractivity contribution in [2.24, 2.45) is 0 Å². The van der Waals surface area contributed by atoms with E-state index in [1.54, 1.807) is 29.2 Å². The summed E-state index contributed by atoms with van der Waals surface area (Å²) in [4.78, 5) is 40.1. The Morgan fingerprint density at radius 3 is 2.55 bits per heavy atom. The minimum absolute atomic E-state index is 0.0702. The number of benzene rings is 1. The van der Waals surface area contributed by atoms with Gasteiger partial charge >= 0.3 is 5.92 Å². The molecule has 1 aromatic carbocycles. The number of hydrazine groups is 2. The number of nitrogens with one attached hydrogen (secondary N) is 1. The number of methoxy groups -OCH3 is 1. The summed E-state index contributed by atoms with van der Waals surface area (Å²) in [7, 11) is 4.87. The number of anilines is 3. The first-order valence-corrected chi connectivity index (χ1v) is 13.7. The standard InChI is InChI=1S/C27H36F2N8O3/c1-33-12-14-35(15-13-33)37(24(38)19-8-7-11-21(16-19)40-3)32-26-30-17-22-23(31-26)36(20-9-5-4-6-10-20)18-27(28,29)25(39)34(22)2/h7-8,11,16-17,20H,4-6,9-10,12-15,18H2,1-3H3,(H,30,31,32). The van der Waals surface area contributed by atoms with Crippen molar-refractivity contribution in [2.75, 3.05) is 69.2 Å². The summed E-state index contributed by atoms with van der Waals surface area (Å²) < 4.78 is 35.4. The Labute approximate surface area is 232 Å². The molecule has 0 spiro atoms. The van der Waals surface area contributed by atoms with Crippen molar-refractivity contribution in [3.8, 4) is 5.75 Å². The number of likely N-dealkylation sites (N-methyl/N-ethyl adjacent to an activating group) is 1. The molecule has 216 valence electrons. The lowest BCUT2D eigenvalue weighted by molar-refractivity contribution is -0.140. The van der Waals surface area contributed by atoms with E-state index >= 15 is 8.78 Å². The first kappa shape index (κ1) is 28.0. The van der Waals surface area contributed by atoms with Crippen molar-refractivity contribution < 1.29 is 23.1 Å². The molecular formula is C27H36F2N8O3. The van der Waals surface area contributed by atoms with Crippen molar-refractivity contribution in [1.82, 2.24) is 25.0 Å². The van der Waals surface area contributed by atoms with Crippen molar-refractivity contribution in [1.29, 1.82) is 0 Å². The molecule has 1 saturated heterocycles. The summed E-state index contributed by atoms with van der Waals surface area (Å²) in [5, 5.41) is 3.26. The predicted molar refractivity (Wildman–Crippen MR) is 146 cm³/mol. The second-order valence-corrected chi connectivity index (χ2v) is 10.6. The Morgan fingerprint density at radius 1 is 1.12 bits per heavy atom. The van der Waals surface area contributed by atoms with Crippen LogP contribution in [0, 0.1) is 0 Å². The molecule has 1 aromatic heterocycles. The van der Waals surface area contributed by atoms with E-state index in [0.29, 0.717) is 24.4 Å². The number of alkyl halides is 2. The Hall–Kier alpha value is -3.58. The number of aromatic nitrogens is 2.